The van der Waals surface area contributed by atoms with E-state index < -0.39 is 0 Å². The topological polar surface area (TPSA) is 42.0 Å². The Hall–Kier alpha value is -2.00. The van der Waals surface area contributed by atoms with Crippen LogP contribution in [0.25, 0.3) is 0 Å². The number of benzene rings is 1. The molecule has 1 atom stereocenters. The first kappa shape index (κ1) is 30.0. The fraction of sp³-hybridized carbons (Fsp3) is 0.613. The molecule has 1 aromatic heterocycles. The van der Waals surface area contributed by atoms with Crippen LogP contribution in [0.1, 0.15) is 115 Å². The highest BCUT2D eigenvalue weighted by Gasteiger charge is 2.43. The molecule has 0 bridgehead atoms. The van der Waals surface area contributed by atoms with Gasteiger partial charge in [0.2, 0.25) is 0 Å². The molecule has 1 fully saturated rings. The molecule has 1 aromatic carbocycles. The molecule has 190 valence electrons. The van der Waals surface area contributed by atoms with Gasteiger partial charge in [0.25, 0.3) is 0 Å². The third-order valence-electron chi connectivity index (χ3n) is 7.27. The molecule has 2 aromatic rings. The maximum atomic E-state index is 11.5. The second-order valence-electron chi connectivity index (χ2n) is 11.1. The van der Waals surface area contributed by atoms with Crippen molar-refractivity contribution in [2.45, 2.75) is 105 Å². The van der Waals surface area contributed by atoms with E-state index in [1.807, 2.05) is 51.4 Å². The minimum absolute atomic E-state index is 0.0724. The van der Waals surface area contributed by atoms with Crippen molar-refractivity contribution in [3.8, 4) is 0 Å². The lowest BCUT2D eigenvalue weighted by molar-refractivity contribution is 0.112. The zero-order chi connectivity index (χ0) is 26.0. The van der Waals surface area contributed by atoms with Gasteiger partial charge in [-0.05, 0) is 72.7 Å². The SMILES string of the molecule is CC.CCCC(C)(C)C(C)Cc1c(C=O)cccc1C(C)(C)C.CNC1(c2ccccn2)CC1. The lowest BCUT2D eigenvalue weighted by Gasteiger charge is -2.34. The van der Waals surface area contributed by atoms with Crippen molar-refractivity contribution in [3.05, 3.63) is 65.0 Å². The van der Waals surface area contributed by atoms with E-state index in [4.69, 9.17) is 0 Å². The molecule has 0 amide bonds. The van der Waals surface area contributed by atoms with Crippen LogP contribution in [0.15, 0.2) is 42.6 Å². The van der Waals surface area contributed by atoms with Gasteiger partial charge in [-0.1, -0.05) is 93.0 Å². The Balaban J connectivity index is 0.000000369. The van der Waals surface area contributed by atoms with Crippen molar-refractivity contribution in [2.75, 3.05) is 7.05 Å². The molecule has 1 aliphatic rings. The van der Waals surface area contributed by atoms with E-state index in [-0.39, 0.29) is 11.0 Å². The Labute approximate surface area is 210 Å². The van der Waals surface area contributed by atoms with Crippen molar-refractivity contribution in [1.82, 2.24) is 10.3 Å². The maximum Gasteiger partial charge on any atom is 0.150 e. The van der Waals surface area contributed by atoms with Crippen LogP contribution >= 0.6 is 0 Å². The molecule has 3 rings (SSSR count). The molecule has 1 unspecified atom stereocenters. The Morgan fingerprint density at radius 2 is 1.71 bits per heavy atom. The number of hydrogen-bond acceptors (Lipinski definition) is 3. The van der Waals surface area contributed by atoms with E-state index in [0.29, 0.717) is 11.3 Å². The second-order valence-corrected chi connectivity index (χ2v) is 11.1. The number of pyridine rings is 1. The summed E-state index contributed by atoms with van der Waals surface area (Å²) in [7, 11) is 2.00. The minimum Gasteiger partial charge on any atom is -0.309 e. The molecule has 0 aliphatic heterocycles. The van der Waals surface area contributed by atoms with Gasteiger partial charge in [-0.2, -0.15) is 0 Å². The van der Waals surface area contributed by atoms with Crippen LogP contribution in [0.4, 0.5) is 0 Å². The fourth-order valence-electron chi connectivity index (χ4n) is 4.52. The lowest BCUT2D eigenvalue weighted by Crippen LogP contribution is -2.25. The molecule has 1 saturated carbocycles. The summed E-state index contributed by atoms with van der Waals surface area (Å²) < 4.78 is 0. The molecule has 0 saturated heterocycles. The van der Waals surface area contributed by atoms with Gasteiger partial charge in [0, 0.05) is 11.8 Å². The van der Waals surface area contributed by atoms with E-state index in [2.05, 4.69) is 70.9 Å². The van der Waals surface area contributed by atoms with E-state index in [0.717, 1.165) is 18.3 Å². The summed E-state index contributed by atoms with van der Waals surface area (Å²) in [6.45, 7) is 19.9. The fourth-order valence-corrected chi connectivity index (χ4v) is 4.52. The van der Waals surface area contributed by atoms with Gasteiger partial charge in [-0.15, -0.1) is 0 Å². The Bertz CT molecular complexity index is 861. The first-order valence-corrected chi connectivity index (χ1v) is 13.2. The Kier molecular flexibility index (Phi) is 11.6. The molecule has 0 radical (unpaired) electrons. The van der Waals surface area contributed by atoms with Gasteiger partial charge in [-0.25, -0.2) is 0 Å². The third kappa shape index (κ3) is 8.05. The number of carbonyl (C=O) groups excluding carboxylic acids is 1. The lowest BCUT2D eigenvalue weighted by atomic mass is 9.71. The van der Waals surface area contributed by atoms with Crippen LogP contribution in [-0.4, -0.2) is 18.3 Å². The largest absolute Gasteiger partial charge is 0.309 e. The first-order valence-electron chi connectivity index (χ1n) is 13.2. The van der Waals surface area contributed by atoms with Crippen LogP contribution in [0.3, 0.4) is 0 Å². The summed E-state index contributed by atoms with van der Waals surface area (Å²) in [6.07, 6.45) is 8.73. The van der Waals surface area contributed by atoms with Gasteiger partial charge < -0.3 is 5.32 Å². The quantitative estimate of drug-likeness (QED) is 0.399. The van der Waals surface area contributed by atoms with Gasteiger partial charge in [0.1, 0.15) is 6.29 Å². The van der Waals surface area contributed by atoms with Crippen LogP contribution in [-0.2, 0) is 17.4 Å². The third-order valence-corrected chi connectivity index (χ3v) is 7.27. The molecular formula is C31H50N2O. The minimum atomic E-state index is 0.0724. The highest BCUT2D eigenvalue weighted by molar-refractivity contribution is 5.78. The summed E-state index contributed by atoms with van der Waals surface area (Å²) in [5.41, 5.74) is 5.21. The Morgan fingerprint density at radius 1 is 1.06 bits per heavy atom. The zero-order valence-corrected chi connectivity index (χ0v) is 23.6. The Morgan fingerprint density at radius 3 is 2.15 bits per heavy atom. The highest BCUT2D eigenvalue weighted by atomic mass is 16.1. The molecule has 0 spiro atoms. The van der Waals surface area contributed by atoms with E-state index in [9.17, 15) is 4.79 Å². The van der Waals surface area contributed by atoms with Gasteiger partial charge in [0.05, 0.1) is 11.2 Å². The number of aromatic nitrogens is 1. The number of aldehydes is 1. The number of nitrogens with zero attached hydrogens (tertiary/aromatic N) is 1. The summed E-state index contributed by atoms with van der Waals surface area (Å²) in [5, 5.41) is 3.31. The highest BCUT2D eigenvalue weighted by Crippen LogP contribution is 2.43. The number of nitrogens with one attached hydrogen (secondary N) is 1. The molecule has 1 heterocycles. The number of hydrogen-bond donors (Lipinski definition) is 1. The molecular weight excluding hydrogens is 416 g/mol. The molecule has 1 N–H and O–H groups in total. The van der Waals surface area contributed by atoms with E-state index in [1.165, 1.54) is 42.5 Å². The van der Waals surface area contributed by atoms with Gasteiger partial charge >= 0.3 is 0 Å². The molecule has 3 nitrogen and oxygen atoms in total. The zero-order valence-electron chi connectivity index (χ0n) is 23.6. The summed E-state index contributed by atoms with van der Waals surface area (Å²) in [5.74, 6) is 0.555. The average molecular weight is 467 g/mol. The van der Waals surface area contributed by atoms with Crippen molar-refractivity contribution in [2.24, 2.45) is 11.3 Å². The van der Waals surface area contributed by atoms with Crippen molar-refractivity contribution >= 4 is 6.29 Å². The standard InChI is InChI=1S/C20H32O.C9H12N2.C2H6/c1-8-12-20(6,7)15(2)13-17-16(14-21)10-9-11-18(17)19(3,4)5;1-10-9(5-6-9)8-4-2-3-7-11-8;1-2/h9-11,14-15H,8,12-13H2,1-7H3;2-4,7,10H,5-6H2,1H3;1-2H3. The molecule has 34 heavy (non-hydrogen) atoms. The van der Waals surface area contributed by atoms with Crippen LogP contribution in [0.2, 0.25) is 0 Å². The first-order chi connectivity index (χ1) is 16.0. The molecule has 1 aliphatic carbocycles. The van der Waals surface area contributed by atoms with Crippen LogP contribution in [0.5, 0.6) is 0 Å². The normalized spacial score (nSPS) is 15.2. The van der Waals surface area contributed by atoms with Crippen molar-refractivity contribution < 1.29 is 4.79 Å². The van der Waals surface area contributed by atoms with Crippen molar-refractivity contribution in [1.29, 1.82) is 0 Å². The maximum absolute atomic E-state index is 11.5. The summed E-state index contributed by atoms with van der Waals surface area (Å²) >= 11 is 0. The van der Waals surface area contributed by atoms with Crippen LogP contribution < -0.4 is 5.32 Å². The monoisotopic (exact) mass is 466 g/mol. The van der Waals surface area contributed by atoms with Gasteiger partial charge in [0.15, 0.2) is 0 Å². The van der Waals surface area contributed by atoms with Crippen LogP contribution in [0, 0.1) is 11.3 Å². The molecule has 3 heteroatoms. The number of rotatable bonds is 8. The number of carbonyl (C=O) groups is 1. The smallest absolute Gasteiger partial charge is 0.150 e. The van der Waals surface area contributed by atoms with Gasteiger partial charge in [-0.3, -0.25) is 9.78 Å². The predicted molar refractivity (Wildman–Crippen MR) is 148 cm³/mol. The summed E-state index contributed by atoms with van der Waals surface area (Å²) in [6, 6.07) is 12.2. The van der Waals surface area contributed by atoms with E-state index >= 15 is 0 Å². The van der Waals surface area contributed by atoms with E-state index in [1.54, 1.807) is 0 Å². The second kappa shape index (κ2) is 13.2. The average Bonchev–Trinajstić information content (AvgIpc) is 3.62. The predicted octanol–water partition coefficient (Wildman–Crippen LogP) is 8.12. The van der Waals surface area contributed by atoms with Crippen molar-refractivity contribution in [3.63, 3.8) is 0 Å². The summed E-state index contributed by atoms with van der Waals surface area (Å²) in [4.78, 5) is 15.8.